The molecule has 3 aliphatic rings. The first-order valence-electron chi connectivity index (χ1n) is 11.9. The highest BCUT2D eigenvalue weighted by molar-refractivity contribution is 5.89. The van der Waals surface area contributed by atoms with Crippen molar-refractivity contribution >= 4 is 11.7 Å². The molecule has 170 valence electrons. The number of carbonyl (C=O) groups excluding carboxylic acids is 1. The zero-order valence-corrected chi connectivity index (χ0v) is 18.7. The minimum atomic E-state index is -0.137. The van der Waals surface area contributed by atoms with Crippen molar-refractivity contribution in [1.82, 2.24) is 20.4 Å². The lowest BCUT2D eigenvalue weighted by Crippen LogP contribution is -2.44. The number of hydrogen-bond acceptors (Lipinski definition) is 4. The van der Waals surface area contributed by atoms with Crippen LogP contribution < -0.4 is 5.32 Å². The van der Waals surface area contributed by atoms with E-state index in [1.165, 1.54) is 22.4 Å². The third-order valence-corrected chi connectivity index (χ3v) is 8.53. The number of aromatic amines is 1. The van der Waals surface area contributed by atoms with E-state index in [2.05, 4.69) is 32.6 Å². The van der Waals surface area contributed by atoms with Gasteiger partial charge in [0.05, 0.1) is 6.20 Å². The van der Waals surface area contributed by atoms with E-state index >= 15 is 0 Å². The maximum absolute atomic E-state index is 13.9. The average molecular weight is 446 g/mol. The molecule has 2 aromatic heterocycles. The van der Waals surface area contributed by atoms with Crippen LogP contribution in [0.5, 0.6) is 0 Å². The Kier molecular flexibility index (Phi) is 4.82. The highest BCUT2D eigenvalue weighted by atomic mass is 19.1. The van der Waals surface area contributed by atoms with Crippen LogP contribution in [-0.2, 0) is 16.6 Å². The molecule has 1 aromatic carbocycles. The van der Waals surface area contributed by atoms with Crippen molar-refractivity contribution in [1.29, 1.82) is 0 Å². The molecule has 0 aliphatic heterocycles. The van der Waals surface area contributed by atoms with Gasteiger partial charge in [0.25, 0.3) is 0 Å². The number of amides is 1. The molecule has 1 amide bonds. The second-order valence-corrected chi connectivity index (χ2v) is 10.1. The lowest BCUT2D eigenvalue weighted by molar-refractivity contribution is -0.116. The van der Waals surface area contributed by atoms with Crippen LogP contribution in [0.3, 0.4) is 0 Å². The molecule has 0 saturated heterocycles. The number of nitrogens with one attached hydrogen (secondary N) is 2. The number of hydrogen-bond donors (Lipinski definition) is 2. The molecule has 6 rings (SSSR count). The lowest BCUT2D eigenvalue weighted by atomic mass is 9.53. The van der Waals surface area contributed by atoms with Crippen LogP contribution in [0.4, 0.5) is 10.2 Å². The summed E-state index contributed by atoms with van der Waals surface area (Å²) in [4.78, 5) is 12.7. The number of aryl methyl sites for hydroxylation is 1. The Bertz CT molecular complexity index is 1190. The van der Waals surface area contributed by atoms with E-state index in [0.29, 0.717) is 30.0 Å². The minimum absolute atomic E-state index is 0.0361. The fourth-order valence-corrected chi connectivity index (χ4v) is 7.26. The van der Waals surface area contributed by atoms with Crippen LogP contribution in [0.15, 0.2) is 42.7 Å². The summed E-state index contributed by atoms with van der Waals surface area (Å²) < 4.78 is 13.9. The molecule has 0 spiro atoms. The Morgan fingerprint density at radius 1 is 1.27 bits per heavy atom. The smallest absolute Gasteiger partial charge is 0.225 e. The van der Waals surface area contributed by atoms with Crippen LogP contribution in [0.25, 0.3) is 0 Å². The molecule has 6 nitrogen and oxygen atoms in total. The van der Waals surface area contributed by atoms with Gasteiger partial charge in [-0.25, -0.2) is 4.39 Å². The number of fused-ring (bicyclic) bond motifs is 7. The van der Waals surface area contributed by atoms with Crippen molar-refractivity contribution in [3.05, 3.63) is 70.9 Å². The number of nitrogens with zero attached hydrogens (tertiary/aromatic N) is 3. The predicted octanol–water partition coefficient (Wildman–Crippen LogP) is 4.87. The molecule has 1 fully saturated rings. The van der Waals surface area contributed by atoms with Gasteiger partial charge in [-0.3, -0.25) is 9.89 Å². The lowest BCUT2D eigenvalue weighted by Gasteiger charge is -2.50. The van der Waals surface area contributed by atoms with Gasteiger partial charge < -0.3 is 5.32 Å². The number of rotatable bonds is 4. The monoisotopic (exact) mass is 445 g/mol. The Morgan fingerprint density at radius 2 is 2.18 bits per heavy atom. The molecule has 1 saturated carbocycles. The van der Waals surface area contributed by atoms with Crippen LogP contribution in [0.2, 0.25) is 0 Å². The van der Waals surface area contributed by atoms with Gasteiger partial charge in [0, 0.05) is 23.7 Å². The highest BCUT2D eigenvalue weighted by Gasteiger charge is 2.57. The van der Waals surface area contributed by atoms with Crippen LogP contribution in [0, 0.1) is 17.7 Å². The van der Waals surface area contributed by atoms with E-state index in [4.69, 9.17) is 0 Å². The third-order valence-electron chi connectivity index (χ3n) is 8.53. The Balaban J connectivity index is 1.28. The van der Waals surface area contributed by atoms with Gasteiger partial charge in [0.1, 0.15) is 5.82 Å². The van der Waals surface area contributed by atoms with Gasteiger partial charge in [-0.1, -0.05) is 13.0 Å². The van der Waals surface area contributed by atoms with Crippen molar-refractivity contribution < 1.29 is 9.18 Å². The summed E-state index contributed by atoms with van der Waals surface area (Å²) in [5.74, 6) is 2.02. The van der Waals surface area contributed by atoms with Crippen molar-refractivity contribution in [2.24, 2.45) is 11.8 Å². The zero-order chi connectivity index (χ0) is 22.6. The summed E-state index contributed by atoms with van der Waals surface area (Å²) in [5, 5.41) is 18.4. The van der Waals surface area contributed by atoms with E-state index in [-0.39, 0.29) is 23.1 Å². The number of H-pyrrole nitrogens is 1. The van der Waals surface area contributed by atoms with Crippen molar-refractivity contribution in [2.45, 2.75) is 62.7 Å². The van der Waals surface area contributed by atoms with Crippen LogP contribution >= 0.6 is 0 Å². The fourth-order valence-electron chi connectivity index (χ4n) is 7.26. The number of halogens is 1. The highest BCUT2D eigenvalue weighted by Crippen LogP contribution is 2.64. The molecule has 5 atom stereocenters. The second kappa shape index (κ2) is 7.75. The zero-order valence-electron chi connectivity index (χ0n) is 18.7. The van der Waals surface area contributed by atoms with Gasteiger partial charge in [0.2, 0.25) is 5.91 Å². The van der Waals surface area contributed by atoms with E-state index in [1.807, 2.05) is 12.3 Å². The molecule has 3 aliphatic carbocycles. The average Bonchev–Trinajstić information content (AvgIpc) is 3.39. The summed E-state index contributed by atoms with van der Waals surface area (Å²) in [6, 6.07) is 8.87. The largest absolute Gasteiger partial charge is 0.309 e. The maximum atomic E-state index is 13.9. The Hall–Kier alpha value is -3.09. The fraction of sp³-hybridized carbons (Fsp3) is 0.462. The van der Waals surface area contributed by atoms with Gasteiger partial charge in [-0.2, -0.15) is 10.2 Å². The summed E-state index contributed by atoms with van der Waals surface area (Å²) in [6.07, 6.45) is 8.95. The predicted molar refractivity (Wildman–Crippen MR) is 122 cm³/mol. The first-order chi connectivity index (χ1) is 16.0. The minimum Gasteiger partial charge on any atom is -0.309 e. The quantitative estimate of drug-likeness (QED) is 0.600. The van der Waals surface area contributed by atoms with E-state index < -0.39 is 0 Å². The maximum Gasteiger partial charge on any atom is 0.225 e. The molecule has 3 unspecified atom stereocenters. The molecule has 2 N–H and O–H groups in total. The van der Waals surface area contributed by atoms with Gasteiger partial charge in [-0.15, -0.1) is 5.10 Å². The van der Waals surface area contributed by atoms with Crippen molar-refractivity contribution in [3.63, 3.8) is 0 Å². The molecular weight excluding hydrogens is 417 g/mol. The van der Waals surface area contributed by atoms with Crippen LogP contribution in [-0.4, -0.2) is 26.3 Å². The standard InChI is InChI=1S/C26H28FN5O/c1-26-11-10-18-17-7-5-16(27)13-15(17)4-6-19(18)24(26)20(21-14-29-32-25(21)26)8-9-23(33)30-22-3-2-12-28-31-22/h2-3,5,7,12-14,18-20,24H,4,6,8-11H2,1H3,(H,29,32)(H,30,31,33)/t18?,19?,20-,24?,26+/m1/s1. The second-order valence-electron chi connectivity index (χ2n) is 10.1. The number of aromatic nitrogens is 4. The van der Waals surface area contributed by atoms with E-state index in [9.17, 15) is 9.18 Å². The summed E-state index contributed by atoms with van der Waals surface area (Å²) >= 11 is 0. The van der Waals surface area contributed by atoms with Crippen LogP contribution in [0.1, 0.15) is 73.2 Å². The van der Waals surface area contributed by atoms with Crippen molar-refractivity contribution in [2.75, 3.05) is 5.32 Å². The van der Waals surface area contributed by atoms with Crippen molar-refractivity contribution in [3.8, 4) is 0 Å². The molecule has 3 aromatic rings. The Labute approximate surface area is 192 Å². The molecule has 0 radical (unpaired) electrons. The molecular formula is C26H28FN5O. The molecule has 0 bridgehead atoms. The van der Waals surface area contributed by atoms with Gasteiger partial charge in [0.15, 0.2) is 5.82 Å². The van der Waals surface area contributed by atoms with E-state index in [0.717, 1.165) is 32.1 Å². The van der Waals surface area contributed by atoms with E-state index in [1.54, 1.807) is 30.5 Å². The SMILES string of the molecule is C[C@]12CCC3c4ccc(F)cc4CCC3C1[C@H](CCC(=O)Nc1cccnn1)c1cn[nH]c12. The Morgan fingerprint density at radius 3 is 3.03 bits per heavy atom. The number of anilines is 1. The summed E-state index contributed by atoms with van der Waals surface area (Å²) in [5.41, 5.74) is 5.09. The number of benzene rings is 1. The first kappa shape index (κ1) is 20.5. The molecule has 7 heteroatoms. The molecule has 2 heterocycles. The normalized spacial score (nSPS) is 29.5. The summed E-state index contributed by atoms with van der Waals surface area (Å²) in [6.45, 7) is 2.38. The third kappa shape index (κ3) is 3.28. The molecule has 33 heavy (non-hydrogen) atoms. The first-order valence-corrected chi connectivity index (χ1v) is 11.9. The van der Waals surface area contributed by atoms with Gasteiger partial charge in [-0.05, 0) is 96.7 Å². The number of carbonyl (C=O) groups is 1. The van der Waals surface area contributed by atoms with Gasteiger partial charge >= 0.3 is 0 Å². The topological polar surface area (TPSA) is 83.6 Å². The summed E-state index contributed by atoms with van der Waals surface area (Å²) in [7, 11) is 0.